The number of halogens is 1. The van der Waals surface area contributed by atoms with Crippen molar-refractivity contribution in [2.45, 2.75) is 32.3 Å². The van der Waals surface area contributed by atoms with Crippen LogP contribution in [0.1, 0.15) is 32.3 Å². The highest BCUT2D eigenvalue weighted by atomic mass is 35.5. The van der Waals surface area contributed by atoms with E-state index in [1.165, 1.54) is 32.2 Å². The molecule has 0 aromatic heterocycles. The molecule has 0 fully saturated rings. The number of nitrogens with one attached hydrogen (secondary N) is 1. The van der Waals surface area contributed by atoms with E-state index in [0.29, 0.717) is 17.0 Å². The fraction of sp³-hybridized carbons (Fsp3) is 0.333. The molecule has 144 valence electrons. The number of ether oxygens (including phenoxy) is 2. The van der Waals surface area contributed by atoms with Gasteiger partial charge in [-0.15, -0.1) is 0 Å². The van der Waals surface area contributed by atoms with Crippen LogP contribution in [0.15, 0.2) is 46.8 Å². The number of non-ortho nitro benzene ring substituents is 1. The van der Waals surface area contributed by atoms with Crippen molar-refractivity contribution in [2.75, 3.05) is 7.11 Å². The van der Waals surface area contributed by atoms with Crippen LogP contribution < -0.4 is 5.32 Å². The maximum Gasteiger partial charge on any atom is 0.338 e. The van der Waals surface area contributed by atoms with Crippen molar-refractivity contribution in [1.82, 2.24) is 5.32 Å². The molecule has 27 heavy (non-hydrogen) atoms. The van der Waals surface area contributed by atoms with Gasteiger partial charge in [-0.25, -0.2) is 9.59 Å². The molecular formula is C18H19ClN2O6. The van der Waals surface area contributed by atoms with Crippen LogP contribution in [0.25, 0.3) is 0 Å². The number of benzene rings is 1. The number of hydrogen-bond acceptors (Lipinski definition) is 7. The van der Waals surface area contributed by atoms with E-state index in [1.54, 1.807) is 19.9 Å². The highest BCUT2D eigenvalue weighted by Crippen LogP contribution is 2.40. The highest BCUT2D eigenvalue weighted by Gasteiger charge is 2.38. The Balaban J connectivity index is 2.69. The second kappa shape index (κ2) is 8.22. The van der Waals surface area contributed by atoms with Crippen molar-refractivity contribution >= 4 is 29.2 Å². The summed E-state index contributed by atoms with van der Waals surface area (Å²) in [5, 5.41) is 14.1. The number of hydrogen-bond donors (Lipinski definition) is 1. The quantitative estimate of drug-likeness (QED) is 0.353. The lowest BCUT2D eigenvalue weighted by Gasteiger charge is -2.30. The highest BCUT2D eigenvalue weighted by molar-refractivity contribution is 6.20. The van der Waals surface area contributed by atoms with Crippen molar-refractivity contribution in [3.05, 3.63) is 62.5 Å². The van der Waals surface area contributed by atoms with E-state index >= 15 is 0 Å². The Kier molecular flexibility index (Phi) is 6.22. The zero-order valence-electron chi connectivity index (χ0n) is 15.2. The third kappa shape index (κ3) is 4.28. The number of alkyl halides is 1. The molecule has 2 unspecified atom stereocenters. The van der Waals surface area contributed by atoms with Gasteiger partial charge >= 0.3 is 11.9 Å². The van der Waals surface area contributed by atoms with Gasteiger partial charge in [0.15, 0.2) is 5.56 Å². The van der Waals surface area contributed by atoms with Gasteiger partial charge in [0.25, 0.3) is 5.69 Å². The van der Waals surface area contributed by atoms with Crippen LogP contribution in [0.5, 0.6) is 0 Å². The molecule has 0 amide bonds. The first-order chi connectivity index (χ1) is 12.7. The predicted octanol–water partition coefficient (Wildman–Crippen LogP) is 3.13. The summed E-state index contributed by atoms with van der Waals surface area (Å²) < 4.78 is 9.97. The molecule has 0 radical (unpaired) electrons. The molecule has 1 aromatic rings. The Morgan fingerprint density at radius 2 is 1.81 bits per heavy atom. The lowest BCUT2D eigenvalue weighted by atomic mass is 9.80. The van der Waals surface area contributed by atoms with E-state index in [-0.39, 0.29) is 16.8 Å². The van der Waals surface area contributed by atoms with E-state index in [0.717, 1.165) is 0 Å². The standard InChI is InChI=1S/C18H19ClN2O6/c1-9-14(17(22)26-4)16(12-6-5-7-13(8-12)21(24)25)15(10(2)20-9)18(23)27-11(3)19/h5-8,11,16,20H,1-4H3. The van der Waals surface area contributed by atoms with Gasteiger partial charge < -0.3 is 14.8 Å². The number of nitro benzene ring substituents is 1. The number of carbonyl (C=O) groups is 2. The van der Waals surface area contributed by atoms with Gasteiger partial charge in [-0.05, 0) is 26.3 Å². The average Bonchev–Trinajstić information content (AvgIpc) is 2.59. The van der Waals surface area contributed by atoms with Gasteiger partial charge in [-0.1, -0.05) is 23.7 Å². The number of dihydropyridines is 1. The Hall–Kier alpha value is -2.87. The Morgan fingerprint density at radius 1 is 1.22 bits per heavy atom. The molecule has 0 bridgehead atoms. The molecule has 9 heteroatoms. The Labute approximate surface area is 160 Å². The van der Waals surface area contributed by atoms with E-state index in [9.17, 15) is 19.7 Å². The molecule has 0 saturated carbocycles. The molecule has 1 aliphatic heterocycles. The van der Waals surface area contributed by atoms with Gasteiger partial charge in [0.1, 0.15) is 0 Å². The minimum atomic E-state index is -0.901. The van der Waals surface area contributed by atoms with E-state index in [4.69, 9.17) is 21.1 Å². The summed E-state index contributed by atoms with van der Waals surface area (Å²) in [6.07, 6.45) is 0. The monoisotopic (exact) mass is 394 g/mol. The van der Waals surface area contributed by atoms with Crippen molar-refractivity contribution in [1.29, 1.82) is 0 Å². The summed E-state index contributed by atoms with van der Waals surface area (Å²) >= 11 is 5.78. The fourth-order valence-corrected chi connectivity index (χ4v) is 3.09. The third-order valence-corrected chi connectivity index (χ3v) is 4.16. The first-order valence-corrected chi connectivity index (χ1v) is 8.47. The van der Waals surface area contributed by atoms with Crippen molar-refractivity contribution in [3.8, 4) is 0 Å². The van der Waals surface area contributed by atoms with Crippen molar-refractivity contribution in [2.24, 2.45) is 0 Å². The van der Waals surface area contributed by atoms with Gasteiger partial charge in [0, 0.05) is 23.5 Å². The normalized spacial score (nSPS) is 17.9. The molecule has 1 heterocycles. The molecule has 1 N–H and O–H groups in total. The second-order valence-corrected chi connectivity index (χ2v) is 6.54. The number of methoxy groups -OCH3 is 1. The molecule has 8 nitrogen and oxygen atoms in total. The fourth-order valence-electron chi connectivity index (χ4n) is 3.01. The summed E-state index contributed by atoms with van der Waals surface area (Å²) in [6.45, 7) is 4.79. The smallest absolute Gasteiger partial charge is 0.338 e. The van der Waals surface area contributed by atoms with E-state index in [2.05, 4.69) is 5.32 Å². The van der Waals surface area contributed by atoms with Crippen LogP contribution in [0.2, 0.25) is 0 Å². The number of allylic oxidation sites excluding steroid dienone is 2. The minimum absolute atomic E-state index is 0.133. The van der Waals surface area contributed by atoms with E-state index < -0.39 is 28.3 Å². The molecular weight excluding hydrogens is 376 g/mol. The molecule has 0 aliphatic carbocycles. The van der Waals surface area contributed by atoms with Gasteiger partial charge in [-0.2, -0.15) is 0 Å². The number of nitro groups is 1. The van der Waals surface area contributed by atoms with Crippen molar-refractivity contribution < 1.29 is 24.0 Å². The number of rotatable bonds is 5. The first-order valence-electron chi connectivity index (χ1n) is 8.03. The molecule has 0 saturated heterocycles. The summed E-state index contributed by atoms with van der Waals surface area (Å²) in [6, 6.07) is 5.73. The molecule has 1 aromatic carbocycles. The summed E-state index contributed by atoms with van der Waals surface area (Å²) in [4.78, 5) is 35.7. The second-order valence-electron chi connectivity index (χ2n) is 5.93. The maximum atomic E-state index is 12.7. The molecule has 1 aliphatic rings. The zero-order chi connectivity index (χ0) is 20.3. The largest absolute Gasteiger partial charge is 0.466 e. The summed E-state index contributed by atoms with van der Waals surface area (Å²) in [5.41, 5.74) is 0.567. The molecule has 2 rings (SSSR count). The maximum absolute atomic E-state index is 12.7. The van der Waals surface area contributed by atoms with E-state index in [1.807, 2.05) is 0 Å². The summed E-state index contributed by atoms with van der Waals surface area (Å²) in [5.74, 6) is -2.29. The van der Waals surface area contributed by atoms with Crippen LogP contribution in [0, 0.1) is 10.1 Å². The first kappa shape index (κ1) is 20.4. The third-order valence-electron chi connectivity index (χ3n) is 4.07. The van der Waals surface area contributed by atoms with Crippen LogP contribution in [0.4, 0.5) is 5.69 Å². The average molecular weight is 395 g/mol. The van der Waals surface area contributed by atoms with Crippen molar-refractivity contribution in [3.63, 3.8) is 0 Å². The van der Waals surface area contributed by atoms with Crippen LogP contribution in [-0.4, -0.2) is 29.5 Å². The Bertz CT molecular complexity index is 859. The zero-order valence-corrected chi connectivity index (χ0v) is 16.0. The lowest BCUT2D eigenvalue weighted by molar-refractivity contribution is -0.384. The lowest BCUT2D eigenvalue weighted by Crippen LogP contribution is -2.32. The van der Waals surface area contributed by atoms with Crippen LogP contribution in [0.3, 0.4) is 0 Å². The van der Waals surface area contributed by atoms with Crippen LogP contribution in [-0.2, 0) is 19.1 Å². The SMILES string of the molecule is COC(=O)C1=C(C)NC(C)=C(C(=O)OC(C)Cl)C1c1cccc([N+](=O)[O-])c1. The Morgan fingerprint density at radius 3 is 2.33 bits per heavy atom. The number of nitrogens with zero attached hydrogens (tertiary/aromatic N) is 1. The van der Waals surface area contributed by atoms with Gasteiger partial charge in [0.2, 0.25) is 0 Å². The minimum Gasteiger partial charge on any atom is -0.466 e. The topological polar surface area (TPSA) is 108 Å². The predicted molar refractivity (Wildman–Crippen MR) is 97.8 cm³/mol. The number of carbonyl (C=O) groups excluding carboxylic acids is 2. The van der Waals surface area contributed by atoms with Gasteiger partial charge in [0.05, 0.1) is 29.1 Å². The molecule has 0 spiro atoms. The van der Waals surface area contributed by atoms with Crippen LogP contribution >= 0.6 is 11.6 Å². The van der Waals surface area contributed by atoms with Gasteiger partial charge in [-0.3, -0.25) is 10.1 Å². The summed E-state index contributed by atoms with van der Waals surface area (Å²) in [7, 11) is 1.22. The number of esters is 2. The molecule has 2 atom stereocenters.